The minimum absolute atomic E-state index is 0.220. The number of anilines is 3. The molecule has 0 heterocycles. The van der Waals surface area contributed by atoms with Crippen LogP contribution in [0.15, 0.2) is 36.4 Å². The zero-order valence-electron chi connectivity index (χ0n) is 10.3. The van der Waals surface area contributed by atoms with Gasteiger partial charge < -0.3 is 15.8 Å². The summed E-state index contributed by atoms with van der Waals surface area (Å²) in [5.74, 6) is -0.188. The first-order valence-electron chi connectivity index (χ1n) is 5.57. The van der Waals surface area contributed by atoms with Crippen LogP contribution in [0.1, 0.15) is 5.56 Å². The fraction of sp³-hybridized carbons (Fsp3) is 0.143. The van der Waals surface area contributed by atoms with Gasteiger partial charge in [-0.1, -0.05) is 6.07 Å². The number of hydrogen-bond acceptors (Lipinski definition) is 3. The van der Waals surface area contributed by atoms with Crippen molar-refractivity contribution in [1.82, 2.24) is 0 Å². The molecular formula is C14H15FN2O. The molecule has 2 aromatic carbocycles. The summed E-state index contributed by atoms with van der Waals surface area (Å²) >= 11 is 0. The van der Waals surface area contributed by atoms with Crippen molar-refractivity contribution in [2.24, 2.45) is 0 Å². The normalized spacial score (nSPS) is 10.2. The second-order valence-corrected chi connectivity index (χ2v) is 4.07. The van der Waals surface area contributed by atoms with E-state index < -0.39 is 5.82 Å². The molecule has 0 aliphatic heterocycles. The zero-order chi connectivity index (χ0) is 13.1. The van der Waals surface area contributed by atoms with Gasteiger partial charge >= 0.3 is 0 Å². The third kappa shape index (κ3) is 2.53. The Labute approximate surface area is 105 Å². The molecule has 0 aliphatic rings. The maximum Gasteiger partial charge on any atom is 0.167 e. The monoisotopic (exact) mass is 246 g/mol. The van der Waals surface area contributed by atoms with E-state index in [0.29, 0.717) is 11.4 Å². The quantitative estimate of drug-likeness (QED) is 0.815. The van der Waals surface area contributed by atoms with E-state index in [1.54, 1.807) is 12.1 Å². The molecule has 3 nitrogen and oxygen atoms in total. The van der Waals surface area contributed by atoms with Gasteiger partial charge in [0, 0.05) is 11.8 Å². The van der Waals surface area contributed by atoms with Crippen LogP contribution in [0.2, 0.25) is 0 Å². The molecular weight excluding hydrogens is 231 g/mol. The van der Waals surface area contributed by atoms with Gasteiger partial charge in [-0.15, -0.1) is 0 Å². The number of methoxy groups -OCH3 is 1. The number of nitrogens with two attached hydrogens (primary N) is 1. The van der Waals surface area contributed by atoms with Crippen LogP contribution in [0.25, 0.3) is 0 Å². The molecule has 0 amide bonds. The van der Waals surface area contributed by atoms with Gasteiger partial charge in [-0.05, 0) is 36.8 Å². The van der Waals surface area contributed by atoms with E-state index in [-0.39, 0.29) is 5.75 Å². The molecule has 0 saturated carbocycles. The van der Waals surface area contributed by atoms with Gasteiger partial charge in [0.2, 0.25) is 0 Å². The maximum atomic E-state index is 13.5. The van der Waals surface area contributed by atoms with Crippen molar-refractivity contribution in [2.45, 2.75) is 6.92 Å². The Kier molecular flexibility index (Phi) is 3.37. The number of halogens is 1. The zero-order valence-corrected chi connectivity index (χ0v) is 10.3. The standard InChI is InChI=1S/C14H15FN2O/c1-9-3-5-12(16)13(7-9)17-10-4-6-14(18-2)11(15)8-10/h3-8,17H,16H2,1-2H3. The Morgan fingerprint density at radius 3 is 2.61 bits per heavy atom. The molecule has 0 unspecified atom stereocenters. The number of rotatable bonds is 3. The molecule has 94 valence electrons. The second kappa shape index (κ2) is 4.96. The van der Waals surface area contributed by atoms with Gasteiger partial charge in [-0.3, -0.25) is 0 Å². The van der Waals surface area contributed by atoms with Crippen molar-refractivity contribution < 1.29 is 9.13 Å². The summed E-state index contributed by atoms with van der Waals surface area (Å²) < 4.78 is 18.4. The fourth-order valence-corrected chi connectivity index (χ4v) is 1.68. The second-order valence-electron chi connectivity index (χ2n) is 4.07. The molecule has 0 saturated heterocycles. The van der Waals surface area contributed by atoms with Crippen LogP contribution in [0.3, 0.4) is 0 Å². The summed E-state index contributed by atoms with van der Waals surface area (Å²) in [6.45, 7) is 1.97. The molecule has 2 rings (SSSR count). The molecule has 3 N–H and O–H groups in total. The van der Waals surface area contributed by atoms with Crippen molar-refractivity contribution in [3.63, 3.8) is 0 Å². The SMILES string of the molecule is COc1ccc(Nc2cc(C)ccc2N)cc1F. The fourth-order valence-electron chi connectivity index (χ4n) is 1.68. The van der Waals surface area contributed by atoms with Crippen LogP contribution < -0.4 is 15.8 Å². The highest BCUT2D eigenvalue weighted by Crippen LogP contribution is 2.27. The molecule has 0 fully saturated rings. The van der Waals surface area contributed by atoms with Crippen LogP contribution in [0, 0.1) is 12.7 Å². The van der Waals surface area contributed by atoms with Gasteiger partial charge in [-0.2, -0.15) is 0 Å². The van der Waals surface area contributed by atoms with E-state index in [4.69, 9.17) is 10.5 Å². The summed E-state index contributed by atoms with van der Waals surface area (Å²) in [7, 11) is 1.43. The van der Waals surface area contributed by atoms with Crippen LogP contribution >= 0.6 is 0 Å². The predicted molar refractivity (Wildman–Crippen MR) is 71.8 cm³/mol. The Bertz CT molecular complexity index is 570. The number of aryl methyl sites for hydroxylation is 1. The van der Waals surface area contributed by atoms with E-state index >= 15 is 0 Å². The van der Waals surface area contributed by atoms with Gasteiger partial charge in [0.1, 0.15) is 0 Å². The van der Waals surface area contributed by atoms with Gasteiger partial charge in [0.05, 0.1) is 18.5 Å². The molecule has 0 aliphatic carbocycles. The Morgan fingerprint density at radius 1 is 1.17 bits per heavy atom. The summed E-state index contributed by atoms with van der Waals surface area (Å²) in [6.07, 6.45) is 0. The highest BCUT2D eigenvalue weighted by atomic mass is 19.1. The van der Waals surface area contributed by atoms with Crippen molar-refractivity contribution >= 4 is 17.1 Å². The highest BCUT2D eigenvalue weighted by molar-refractivity contribution is 5.73. The summed E-state index contributed by atoms with van der Waals surface area (Å²) in [5.41, 5.74) is 8.95. The lowest BCUT2D eigenvalue weighted by molar-refractivity contribution is 0.386. The molecule has 0 aromatic heterocycles. The number of benzene rings is 2. The van der Waals surface area contributed by atoms with E-state index in [1.165, 1.54) is 13.2 Å². The Morgan fingerprint density at radius 2 is 1.94 bits per heavy atom. The first-order valence-corrected chi connectivity index (χ1v) is 5.57. The summed E-state index contributed by atoms with van der Waals surface area (Å²) in [5, 5.41) is 3.08. The largest absolute Gasteiger partial charge is 0.494 e. The van der Waals surface area contributed by atoms with Crippen molar-refractivity contribution in [2.75, 3.05) is 18.2 Å². The van der Waals surface area contributed by atoms with Crippen LogP contribution in [-0.2, 0) is 0 Å². The lowest BCUT2D eigenvalue weighted by Crippen LogP contribution is -1.97. The first-order chi connectivity index (χ1) is 8.60. The number of hydrogen-bond donors (Lipinski definition) is 2. The van der Waals surface area contributed by atoms with Crippen molar-refractivity contribution in [1.29, 1.82) is 0 Å². The Balaban J connectivity index is 2.28. The van der Waals surface area contributed by atoms with Crippen molar-refractivity contribution in [3.05, 3.63) is 47.8 Å². The first kappa shape index (κ1) is 12.2. The number of nitrogen functional groups attached to an aromatic ring is 1. The molecule has 0 spiro atoms. The molecule has 0 atom stereocenters. The van der Waals surface area contributed by atoms with E-state index in [1.807, 2.05) is 25.1 Å². The summed E-state index contributed by atoms with van der Waals surface area (Å²) in [6, 6.07) is 10.3. The topological polar surface area (TPSA) is 47.3 Å². The molecule has 0 radical (unpaired) electrons. The minimum atomic E-state index is -0.409. The van der Waals surface area contributed by atoms with Crippen LogP contribution in [0.5, 0.6) is 5.75 Å². The lowest BCUT2D eigenvalue weighted by Gasteiger charge is -2.11. The molecule has 18 heavy (non-hydrogen) atoms. The van der Waals surface area contributed by atoms with Crippen molar-refractivity contribution in [3.8, 4) is 5.75 Å². The minimum Gasteiger partial charge on any atom is -0.494 e. The van der Waals surface area contributed by atoms with Gasteiger partial charge in [0.15, 0.2) is 11.6 Å². The van der Waals surface area contributed by atoms with E-state index in [0.717, 1.165) is 11.3 Å². The van der Waals surface area contributed by atoms with Crippen LogP contribution in [0.4, 0.5) is 21.5 Å². The third-order valence-electron chi connectivity index (χ3n) is 2.64. The lowest BCUT2D eigenvalue weighted by atomic mass is 10.2. The molecule has 4 heteroatoms. The van der Waals surface area contributed by atoms with E-state index in [2.05, 4.69) is 5.32 Å². The maximum absolute atomic E-state index is 13.5. The van der Waals surface area contributed by atoms with Gasteiger partial charge in [0.25, 0.3) is 0 Å². The predicted octanol–water partition coefficient (Wildman–Crippen LogP) is 3.47. The average Bonchev–Trinajstić information content (AvgIpc) is 2.34. The average molecular weight is 246 g/mol. The molecule has 2 aromatic rings. The van der Waals surface area contributed by atoms with Gasteiger partial charge in [-0.25, -0.2) is 4.39 Å². The highest BCUT2D eigenvalue weighted by Gasteiger charge is 2.05. The summed E-state index contributed by atoms with van der Waals surface area (Å²) in [4.78, 5) is 0. The number of ether oxygens (including phenoxy) is 1. The van der Waals surface area contributed by atoms with E-state index in [9.17, 15) is 4.39 Å². The number of nitrogens with one attached hydrogen (secondary N) is 1. The smallest absolute Gasteiger partial charge is 0.167 e. The Hall–Kier alpha value is -2.23. The van der Waals surface area contributed by atoms with Crippen LogP contribution in [-0.4, -0.2) is 7.11 Å². The molecule has 0 bridgehead atoms. The third-order valence-corrected chi connectivity index (χ3v) is 2.64.